The fourth-order valence-corrected chi connectivity index (χ4v) is 6.45. The van der Waals surface area contributed by atoms with Crippen LogP contribution in [0.15, 0.2) is 75.7 Å². The van der Waals surface area contributed by atoms with Crippen LogP contribution in [-0.4, -0.2) is 17.1 Å². The van der Waals surface area contributed by atoms with Gasteiger partial charge in [-0.2, -0.15) is 0 Å². The average Bonchev–Trinajstić information content (AvgIpc) is 3.24. The molecule has 4 aromatic rings. The maximum absolute atomic E-state index is 13.9. The molecule has 0 spiro atoms. The lowest BCUT2D eigenvalue weighted by Gasteiger charge is -2.24. The van der Waals surface area contributed by atoms with Crippen LogP contribution in [0.25, 0.3) is 6.08 Å². The van der Waals surface area contributed by atoms with Gasteiger partial charge in [-0.1, -0.05) is 70.4 Å². The van der Waals surface area contributed by atoms with E-state index < -0.39 is 12.0 Å². The molecule has 6 nitrogen and oxygen atoms in total. The van der Waals surface area contributed by atoms with E-state index in [0.717, 1.165) is 39.1 Å². The van der Waals surface area contributed by atoms with Crippen molar-refractivity contribution >= 4 is 46.6 Å². The fraction of sp³-hybridized carbons (Fsp3) is 0.242. The zero-order valence-electron chi connectivity index (χ0n) is 24.0. The highest BCUT2D eigenvalue weighted by atomic mass is 35.5. The molecule has 216 valence electrons. The van der Waals surface area contributed by atoms with Crippen molar-refractivity contribution in [3.63, 3.8) is 0 Å². The van der Waals surface area contributed by atoms with E-state index in [9.17, 15) is 9.59 Å². The van der Waals surface area contributed by atoms with E-state index in [-0.39, 0.29) is 12.2 Å². The summed E-state index contributed by atoms with van der Waals surface area (Å²) >= 11 is 13.5. The Bertz CT molecular complexity index is 1880. The zero-order chi connectivity index (χ0) is 30.1. The SMILES string of the molecule is CCOC(=O)C1=C(C)N=c2s/c(=C\c3cc(C)c(OCc4ccc(Cl)c(Cl)c4)c(C)c3)c(=O)n2[C@H]1c1ccc(C)cc1. The number of halogens is 2. The highest BCUT2D eigenvalue weighted by Crippen LogP contribution is 2.31. The van der Waals surface area contributed by atoms with Crippen LogP contribution in [0, 0.1) is 20.8 Å². The van der Waals surface area contributed by atoms with E-state index >= 15 is 0 Å². The fourth-order valence-electron chi connectivity index (χ4n) is 5.09. The lowest BCUT2D eigenvalue weighted by molar-refractivity contribution is -0.139. The van der Waals surface area contributed by atoms with Crippen LogP contribution < -0.4 is 19.6 Å². The topological polar surface area (TPSA) is 69.9 Å². The number of allylic oxidation sites excluding steroid dienone is 1. The number of hydrogen-bond donors (Lipinski definition) is 0. The first-order valence-electron chi connectivity index (χ1n) is 13.5. The van der Waals surface area contributed by atoms with E-state index in [1.165, 1.54) is 11.3 Å². The van der Waals surface area contributed by atoms with Crippen molar-refractivity contribution in [2.24, 2.45) is 4.99 Å². The Hall–Kier alpha value is -3.65. The molecule has 0 saturated carbocycles. The molecular formula is C33H30Cl2N2O4S. The van der Waals surface area contributed by atoms with Gasteiger partial charge in [0.2, 0.25) is 0 Å². The van der Waals surface area contributed by atoms with Crippen molar-refractivity contribution < 1.29 is 14.3 Å². The number of fused-ring (bicyclic) bond motifs is 1. The third kappa shape index (κ3) is 5.95. The van der Waals surface area contributed by atoms with E-state index in [0.29, 0.717) is 37.3 Å². The molecule has 1 aliphatic heterocycles. The van der Waals surface area contributed by atoms with Crippen LogP contribution in [0.3, 0.4) is 0 Å². The van der Waals surface area contributed by atoms with Crippen LogP contribution in [0.2, 0.25) is 10.0 Å². The van der Waals surface area contributed by atoms with Gasteiger partial charge in [-0.25, -0.2) is 9.79 Å². The number of ether oxygens (including phenoxy) is 2. The summed E-state index contributed by atoms with van der Waals surface area (Å²) in [4.78, 5) is 32.2. The first kappa shape index (κ1) is 29.8. The van der Waals surface area contributed by atoms with Gasteiger partial charge in [0.25, 0.3) is 5.56 Å². The van der Waals surface area contributed by atoms with Gasteiger partial charge in [-0.3, -0.25) is 9.36 Å². The number of nitrogens with zero attached hydrogens (tertiary/aromatic N) is 2. The molecule has 42 heavy (non-hydrogen) atoms. The highest BCUT2D eigenvalue weighted by Gasteiger charge is 2.33. The normalized spacial score (nSPS) is 14.9. The molecular weight excluding hydrogens is 591 g/mol. The maximum atomic E-state index is 13.9. The average molecular weight is 622 g/mol. The number of thiazole rings is 1. The van der Waals surface area contributed by atoms with Gasteiger partial charge >= 0.3 is 5.97 Å². The summed E-state index contributed by atoms with van der Waals surface area (Å²) in [6.07, 6.45) is 1.86. The Balaban J connectivity index is 1.54. The van der Waals surface area contributed by atoms with Gasteiger partial charge in [-0.15, -0.1) is 0 Å². The molecule has 3 aromatic carbocycles. The molecule has 0 unspecified atom stereocenters. The second kappa shape index (κ2) is 12.3. The molecule has 1 aromatic heterocycles. The minimum Gasteiger partial charge on any atom is -0.488 e. The zero-order valence-corrected chi connectivity index (χ0v) is 26.3. The predicted octanol–water partition coefficient (Wildman–Crippen LogP) is 6.61. The highest BCUT2D eigenvalue weighted by molar-refractivity contribution is 7.07. The minimum absolute atomic E-state index is 0.214. The predicted molar refractivity (Wildman–Crippen MR) is 168 cm³/mol. The molecule has 9 heteroatoms. The molecule has 1 aliphatic rings. The first-order chi connectivity index (χ1) is 20.1. The second-order valence-electron chi connectivity index (χ2n) is 10.2. The Morgan fingerprint density at radius 1 is 1.00 bits per heavy atom. The Kier molecular flexibility index (Phi) is 8.73. The first-order valence-corrected chi connectivity index (χ1v) is 15.1. The molecule has 2 heterocycles. The van der Waals surface area contributed by atoms with E-state index in [4.69, 9.17) is 32.7 Å². The summed E-state index contributed by atoms with van der Waals surface area (Å²) in [5.74, 6) is 0.301. The molecule has 0 bridgehead atoms. The Morgan fingerprint density at radius 3 is 2.33 bits per heavy atom. The Morgan fingerprint density at radius 2 is 1.69 bits per heavy atom. The number of aromatic nitrogens is 1. The summed E-state index contributed by atoms with van der Waals surface area (Å²) in [7, 11) is 0. The number of rotatable bonds is 7. The van der Waals surface area contributed by atoms with Crippen molar-refractivity contribution in [1.29, 1.82) is 0 Å². The molecule has 0 fully saturated rings. The smallest absolute Gasteiger partial charge is 0.338 e. The van der Waals surface area contributed by atoms with Crippen molar-refractivity contribution in [2.45, 2.75) is 47.3 Å². The minimum atomic E-state index is -0.635. The monoisotopic (exact) mass is 620 g/mol. The third-order valence-electron chi connectivity index (χ3n) is 7.06. The number of aryl methyl sites for hydroxylation is 3. The van der Waals surface area contributed by atoms with E-state index in [1.54, 1.807) is 30.5 Å². The van der Waals surface area contributed by atoms with Gasteiger partial charge in [0.05, 0.1) is 38.5 Å². The maximum Gasteiger partial charge on any atom is 0.338 e. The van der Waals surface area contributed by atoms with Crippen LogP contribution in [0.4, 0.5) is 0 Å². The molecule has 0 radical (unpaired) electrons. The van der Waals surface area contributed by atoms with E-state index in [1.807, 2.05) is 69.3 Å². The lowest BCUT2D eigenvalue weighted by atomic mass is 9.95. The number of hydrogen-bond acceptors (Lipinski definition) is 6. The van der Waals surface area contributed by atoms with Gasteiger partial charge < -0.3 is 9.47 Å². The van der Waals surface area contributed by atoms with Crippen LogP contribution >= 0.6 is 34.5 Å². The second-order valence-corrected chi connectivity index (χ2v) is 12.1. The summed E-state index contributed by atoms with van der Waals surface area (Å²) in [5.41, 5.74) is 6.25. The number of carbonyl (C=O) groups excluding carboxylic acids is 1. The largest absolute Gasteiger partial charge is 0.488 e. The van der Waals surface area contributed by atoms with Gasteiger partial charge in [0.15, 0.2) is 4.80 Å². The van der Waals surface area contributed by atoms with Crippen molar-refractivity contribution in [1.82, 2.24) is 4.57 Å². The standard InChI is InChI=1S/C33H30Cl2N2O4S/c1-6-40-32(39)28-21(5)36-33-37(29(28)24-10-7-18(2)8-11-24)31(38)27(42-33)16-23-13-19(3)30(20(4)14-23)41-17-22-9-12-25(34)26(35)15-22/h7-16,29H,6,17H2,1-5H3/b27-16-/t29-/m0/s1. The summed E-state index contributed by atoms with van der Waals surface area (Å²) in [6, 6.07) is 16.6. The number of esters is 1. The molecule has 0 aliphatic carbocycles. The van der Waals surface area contributed by atoms with Gasteiger partial charge in [0, 0.05) is 0 Å². The lowest BCUT2D eigenvalue weighted by Crippen LogP contribution is -2.39. The molecule has 5 rings (SSSR count). The molecule has 1 atom stereocenters. The number of benzene rings is 3. The summed E-state index contributed by atoms with van der Waals surface area (Å²) in [6.45, 7) is 10.1. The quantitative estimate of drug-likeness (QED) is 0.218. The Labute approximate surface area is 258 Å². The van der Waals surface area contributed by atoms with E-state index in [2.05, 4.69) is 4.99 Å². The summed E-state index contributed by atoms with van der Waals surface area (Å²) in [5, 5.41) is 0.983. The number of carbonyl (C=O) groups is 1. The summed E-state index contributed by atoms with van der Waals surface area (Å²) < 4.78 is 13.6. The molecule has 0 N–H and O–H groups in total. The van der Waals surface area contributed by atoms with Crippen LogP contribution in [-0.2, 0) is 16.1 Å². The molecule has 0 amide bonds. The third-order valence-corrected chi connectivity index (χ3v) is 8.78. The van der Waals surface area contributed by atoms with Crippen molar-refractivity contribution in [3.05, 3.63) is 129 Å². The van der Waals surface area contributed by atoms with Gasteiger partial charge in [0.1, 0.15) is 12.4 Å². The van der Waals surface area contributed by atoms with Crippen LogP contribution in [0.1, 0.15) is 53.3 Å². The molecule has 0 saturated heterocycles. The van der Waals surface area contributed by atoms with Crippen molar-refractivity contribution in [2.75, 3.05) is 6.61 Å². The van der Waals surface area contributed by atoms with Gasteiger partial charge in [-0.05, 0) is 92.8 Å². The van der Waals surface area contributed by atoms with Crippen LogP contribution in [0.5, 0.6) is 5.75 Å². The van der Waals surface area contributed by atoms with Crippen molar-refractivity contribution in [3.8, 4) is 5.75 Å².